The molecule has 0 fully saturated rings. The second-order valence-corrected chi connectivity index (χ2v) is 9.97. The summed E-state index contributed by atoms with van der Waals surface area (Å²) in [6, 6.07) is 22.7. The molecule has 4 aromatic rings. The number of thiazole rings is 1. The summed E-state index contributed by atoms with van der Waals surface area (Å²) in [6.07, 6.45) is 3.19. The molecule has 186 valence electrons. The van der Waals surface area contributed by atoms with Gasteiger partial charge < -0.3 is 16.0 Å². The average molecular weight is 549 g/mol. The van der Waals surface area contributed by atoms with Crippen LogP contribution in [0.4, 0.5) is 10.8 Å². The summed E-state index contributed by atoms with van der Waals surface area (Å²) in [5.41, 5.74) is 1.68. The van der Waals surface area contributed by atoms with Crippen LogP contribution in [0.25, 0.3) is 6.08 Å². The lowest BCUT2D eigenvalue weighted by Crippen LogP contribution is -2.30. The first-order chi connectivity index (χ1) is 18.0. The van der Waals surface area contributed by atoms with Crippen LogP contribution in [0.5, 0.6) is 0 Å². The van der Waals surface area contributed by atoms with Crippen LogP contribution >= 0.6 is 34.7 Å². The fourth-order valence-corrected chi connectivity index (χ4v) is 4.57. The molecule has 0 atom stereocenters. The first-order valence-corrected chi connectivity index (χ1v) is 13.3. The molecule has 0 bridgehead atoms. The fraction of sp³-hybridized carbons (Fsp3) is 0.0370. The molecule has 1 heterocycles. The van der Waals surface area contributed by atoms with Crippen molar-refractivity contribution in [1.29, 1.82) is 0 Å². The van der Waals surface area contributed by atoms with Crippen LogP contribution in [-0.2, 0) is 9.59 Å². The lowest BCUT2D eigenvalue weighted by molar-refractivity contribution is -0.114. The topological polar surface area (TPSA) is 100 Å². The first-order valence-electron chi connectivity index (χ1n) is 11.0. The predicted molar refractivity (Wildman–Crippen MR) is 150 cm³/mol. The van der Waals surface area contributed by atoms with E-state index < -0.39 is 11.8 Å². The van der Waals surface area contributed by atoms with Crippen LogP contribution in [0.3, 0.4) is 0 Å². The number of carbonyl (C=O) groups excluding carboxylic acids is 3. The van der Waals surface area contributed by atoms with E-state index in [0.29, 0.717) is 27.0 Å². The van der Waals surface area contributed by atoms with E-state index in [9.17, 15) is 14.4 Å². The molecule has 0 aliphatic heterocycles. The highest BCUT2D eigenvalue weighted by Gasteiger charge is 2.15. The van der Waals surface area contributed by atoms with Gasteiger partial charge in [-0.25, -0.2) is 4.98 Å². The van der Waals surface area contributed by atoms with Crippen LogP contribution in [0, 0.1) is 0 Å². The number of nitrogens with zero attached hydrogens (tertiary/aromatic N) is 1. The number of carbonyl (C=O) groups is 3. The molecule has 7 nitrogen and oxygen atoms in total. The Hall–Kier alpha value is -3.92. The molecule has 3 aromatic carbocycles. The third-order valence-electron chi connectivity index (χ3n) is 4.85. The van der Waals surface area contributed by atoms with E-state index in [-0.39, 0.29) is 17.4 Å². The van der Waals surface area contributed by atoms with Crippen molar-refractivity contribution in [2.24, 2.45) is 0 Å². The molecule has 0 spiro atoms. The number of hydrogen-bond acceptors (Lipinski definition) is 6. The van der Waals surface area contributed by atoms with Crippen molar-refractivity contribution < 1.29 is 14.4 Å². The van der Waals surface area contributed by atoms with Gasteiger partial charge in [-0.3, -0.25) is 14.4 Å². The molecule has 0 unspecified atom stereocenters. The highest BCUT2D eigenvalue weighted by atomic mass is 35.5. The predicted octanol–water partition coefficient (Wildman–Crippen LogP) is 5.94. The van der Waals surface area contributed by atoms with Gasteiger partial charge in [-0.15, -0.1) is 23.1 Å². The molecule has 3 N–H and O–H groups in total. The Balaban J connectivity index is 1.42. The summed E-state index contributed by atoms with van der Waals surface area (Å²) in [5, 5.41) is 11.1. The summed E-state index contributed by atoms with van der Waals surface area (Å²) in [5.74, 6) is -0.829. The van der Waals surface area contributed by atoms with E-state index >= 15 is 0 Å². The van der Waals surface area contributed by atoms with Crippen molar-refractivity contribution in [1.82, 2.24) is 10.3 Å². The van der Waals surface area contributed by atoms with Gasteiger partial charge in [-0.1, -0.05) is 41.9 Å². The number of nitrogens with one attached hydrogen (secondary N) is 3. The average Bonchev–Trinajstić information content (AvgIpc) is 3.41. The second-order valence-electron chi connectivity index (χ2n) is 7.59. The fourth-order valence-electron chi connectivity index (χ4n) is 3.13. The van der Waals surface area contributed by atoms with Crippen LogP contribution < -0.4 is 16.0 Å². The number of halogens is 1. The molecule has 0 aliphatic carbocycles. The molecule has 10 heteroatoms. The Labute approximate surface area is 227 Å². The summed E-state index contributed by atoms with van der Waals surface area (Å²) in [6.45, 7) is 0. The highest BCUT2D eigenvalue weighted by molar-refractivity contribution is 8.00. The Morgan fingerprint density at radius 2 is 1.73 bits per heavy atom. The van der Waals surface area contributed by atoms with E-state index in [1.165, 1.54) is 23.1 Å². The lowest BCUT2D eigenvalue weighted by atomic mass is 10.1. The van der Waals surface area contributed by atoms with Gasteiger partial charge in [0, 0.05) is 32.7 Å². The first kappa shape index (κ1) is 26.2. The Bertz CT molecular complexity index is 1410. The summed E-state index contributed by atoms with van der Waals surface area (Å²) in [7, 11) is 0. The van der Waals surface area contributed by atoms with E-state index in [0.717, 1.165) is 4.90 Å². The quantitative estimate of drug-likeness (QED) is 0.178. The van der Waals surface area contributed by atoms with E-state index in [4.69, 9.17) is 11.6 Å². The minimum atomic E-state index is -0.493. The van der Waals surface area contributed by atoms with Crippen molar-refractivity contribution >= 4 is 69.3 Å². The maximum Gasteiger partial charge on any atom is 0.272 e. The Morgan fingerprint density at radius 1 is 0.946 bits per heavy atom. The van der Waals surface area contributed by atoms with Crippen molar-refractivity contribution in [3.8, 4) is 0 Å². The zero-order valence-corrected chi connectivity index (χ0v) is 21.7. The van der Waals surface area contributed by atoms with Gasteiger partial charge in [-0.05, 0) is 60.2 Å². The van der Waals surface area contributed by atoms with Crippen molar-refractivity contribution in [2.45, 2.75) is 4.90 Å². The maximum absolute atomic E-state index is 13.1. The number of thioether (sulfide) groups is 1. The molecule has 0 saturated heterocycles. The van der Waals surface area contributed by atoms with Gasteiger partial charge >= 0.3 is 0 Å². The maximum atomic E-state index is 13.1. The van der Waals surface area contributed by atoms with Crippen LogP contribution in [0.1, 0.15) is 15.9 Å². The monoisotopic (exact) mass is 548 g/mol. The second kappa shape index (κ2) is 12.9. The third-order valence-corrected chi connectivity index (χ3v) is 6.78. The number of hydrogen-bond donors (Lipinski definition) is 3. The number of amides is 3. The molecule has 4 rings (SSSR count). The standard InChI is InChI=1S/C27H21ClN4O3S2/c28-20-8-4-5-18(15-20)16-23(31-25(34)19-6-2-1-3-7-19)26(35)30-21-9-11-22(12-10-21)37-17-24(33)32-27-29-13-14-36-27/h1-16H,17H2,(H,30,35)(H,31,34)(H,29,32,33)/b23-16-. The molecule has 0 saturated carbocycles. The third kappa shape index (κ3) is 8.04. The molecule has 0 aliphatic rings. The smallest absolute Gasteiger partial charge is 0.272 e. The Morgan fingerprint density at radius 3 is 2.43 bits per heavy atom. The van der Waals surface area contributed by atoms with Crippen LogP contribution in [0.2, 0.25) is 5.02 Å². The van der Waals surface area contributed by atoms with E-state index in [1.54, 1.807) is 90.4 Å². The van der Waals surface area contributed by atoms with E-state index in [2.05, 4.69) is 20.9 Å². The van der Waals surface area contributed by atoms with Gasteiger partial charge in [0.1, 0.15) is 5.70 Å². The summed E-state index contributed by atoms with van der Waals surface area (Å²) < 4.78 is 0. The van der Waals surface area contributed by atoms with Crippen molar-refractivity contribution in [3.05, 3.63) is 112 Å². The summed E-state index contributed by atoms with van der Waals surface area (Å²) >= 11 is 8.81. The Kier molecular flexibility index (Phi) is 9.09. The zero-order valence-electron chi connectivity index (χ0n) is 19.3. The SMILES string of the molecule is O=C(CSc1ccc(NC(=O)/C(=C/c2cccc(Cl)c2)NC(=O)c2ccccc2)cc1)Nc1nccs1. The van der Waals surface area contributed by atoms with Gasteiger partial charge in [0.2, 0.25) is 5.91 Å². The van der Waals surface area contributed by atoms with Gasteiger partial charge in [0.15, 0.2) is 5.13 Å². The summed E-state index contributed by atoms with van der Waals surface area (Å²) in [4.78, 5) is 42.8. The largest absolute Gasteiger partial charge is 0.321 e. The minimum absolute atomic E-state index is 0.0634. The lowest BCUT2D eigenvalue weighted by Gasteiger charge is -2.12. The molecular formula is C27H21ClN4O3S2. The molecule has 3 amide bonds. The molecule has 37 heavy (non-hydrogen) atoms. The number of aromatic nitrogens is 1. The van der Waals surface area contributed by atoms with Gasteiger partial charge in [0.05, 0.1) is 5.75 Å². The number of benzene rings is 3. The van der Waals surface area contributed by atoms with Crippen molar-refractivity contribution in [3.63, 3.8) is 0 Å². The minimum Gasteiger partial charge on any atom is -0.321 e. The van der Waals surface area contributed by atoms with Crippen LogP contribution in [-0.4, -0.2) is 28.5 Å². The van der Waals surface area contributed by atoms with Gasteiger partial charge in [0.25, 0.3) is 11.8 Å². The normalized spacial score (nSPS) is 11.0. The van der Waals surface area contributed by atoms with E-state index in [1.807, 2.05) is 6.07 Å². The zero-order chi connectivity index (χ0) is 26.0. The number of rotatable bonds is 9. The highest BCUT2D eigenvalue weighted by Crippen LogP contribution is 2.22. The molecule has 0 radical (unpaired) electrons. The van der Waals surface area contributed by atoms with Crippen LogP contribution in [0.15, 0.2) is 101 Å². The molecule has 1 aromatic heterocycles. The van der Waals surface area contributed by atoms with Crippen molar-refractivity contribution in [2.75, 3.05) is 16.4 Å². The number of anilines is 2. The molecular weight excluding hydrogens is 528 g/mol. The van der Waals surface area contributed by atoms with Gasteiger partial charge in [-0.2, -0.15) is 0 Å².